The molecule has 5 heteroatoms. The Morgan fingerprint density at radius 3 is 3.05 bits per heavy atom. The van der Waals surface area contributed by atoms with E-state index in [1.165, 1.54) is 11.3 Å². The van der Waals surface area contributed by atoms with Crippen molar-refractivity contribution in [2.24, 2.45) is 4.99 Å². The number of nitrogens with one attached hydrogen (secondary N) is 1. The van der Waals surface area contributed by atoms with Crippen LogP contribution >= 0.6 is 11.8 Å². The van der Waals surface area contributed by atoms with E-state index in [9.17, 15) is 0 Å². The van der Waals surface area contributed by atoms with Crippen LogP contribution in [0.2, 0.25) is 0 Å². The summed E-state index contributed by atoms with van der Waals surface area (Å²) >= 11 is 2.06. The minimum atomic E-state index is 0.317. The van der Waals surface area contributed by atoms with Crippen LogP contribution in [-0.2, 0) is 4.74 Å². The van der Waals surface area contributed by atoms with Crippen molar-refractivity contribution in [2.75, 3.05) is 45.1 Å². The molecule has 21 heavy (non-hydrogen) atoms. The Hall–Kier alpha value is -0.680. The van der Waals surface area contributed by atoms with Crippen LogP contribution < -0.4 is 5.32 Å². The average Bonchev–Trinajstić information content (AvgIpc) is 2.46. The van der Waals surface area contributed by atoms with E-state index in [1.54, 1.807) is 0 Å². The van der Waals surface area contributed by atoms with Gasteiger partial charge in [-0.25, -0.2) is 0 Å². The monoisotopic (exact) mass is 311 g/mol. The van der Waals surface area contributed by atoms with Crippen molar-refractivity contribution in [2.45, 2.75) is 38.4 Å². The zero-order chi connectivity index (χ0) is 15.1. The first kappa shape index (κ1) is 16.7. The molecule has 1 saturated heterocycles. The van der Waals surface area contributed by atoms with E-state index >= 15 is 0 Å². The molecule has 0 aliphatic carbocycles. The zero-order valence-corrected chi connectivity index (χ0v) is 14.5. The topological polar surface area (TPSA) is 36.9 Å². The molecule has 0 saturated carbocycles. The quantitative estimate of drug-likeness (QED) is 0.492. The predicted molar refractivity (Wildman–Crippen MR) is 92.2 cm³/mol. The average molecular weight is 311 g/mol. The molecule has 0 aromatic heterocycles. The summed E-state index contributed by atoms with van der Waals surface area (Å²) < 4.78 is 5.67. The first-order valence-corrected chi connectivity index (χ1v) is 9.02. The van der Waals surface area contributed by atoms with Crippen molar-refractivity contribution in [1.29, 1.82) is 0 Å². The number of rotatable bonds is 4. The lowest BCUT2D eigenvalue weighted by molar-refractivity contribution is 0.153. The smallest absolute Gasteiger partial charge is 0.193 e. The summed E-state index contributed by atoms with van der Waals surface area (Å²) in [6, 6.07) is 0. The maximum absolute atomic E-state index is 5.35. The summed E-state index contributed by atoms with van der Waals surface area (Å²) in [5, 5.41) is 3.45. The van der Waals surface area contributed by atoms with Gasteiger partial charge >= 0.3 is 0 Å². The zero-order valence-electron chi connectivity index (χ0n) is 13.7. The van der Waals surface area contributed by atoms with Gasteiger partial charge in [-0.2, -0.15) is 11.8 Å². The number of hydrogen-bond acceptors (Lipinski definition) is 3. The molecular formula is C16H29N3OS. The number of aliphatic imine (C=N–C) groups is 1. The maximum Gasteiger partial charge on any atom is 0.193 e. The molecule has 0 bridgehead atoms. The van der Waals surface area contributed by atoms with E-state index in [4.69, 9.17) is 9.73 Å². The van der Waals surface area contributed by atoms with Crippen molar-refractivity contribution in [3.63, 3.8) is 0 Å². The lowest BCUT2D eigenvalue weighted by atomic mass is 10.1. The summed E-state index contributed by atoms with van der Waals surface area (Å²) in [4.78, 5) is 7.25. The standard InChI is InChI=1S/C16H29N3OS/c1-4-17-15(19-9-12-21-16(2,3)13-19)18-8-5-14-6-10-20-11-7-14/h6H,4-5,7-13H2,1-3H3,(H,17,18). The highest BCUT2D eigenvalue weighted by Crippen LogP contribution is 2.29. The highest BCUT2D eigenvalue weighted by Gasteiger charge is 2.28. The van der Waals surface area contributed by atoms with E-state index in [0.717, 1.165) is 58.2 Å². The Morgan fingerprint density at radius 1 is 1.52 bits per heavy atom. The van der Waals surface area contributed by atoms with Gasteiger partial charge in [0.1, 0.15) is 0 Å². The molecular weight excluding hydrogens is 282 g/mol. The Morgan fingerprint density at radius 2 is 2.38 bits per heavy atom. The minimum absolute atomic E-state index is 0.317. The van der Waals surface area contributed by atoms with Crippen LogP contribution in [0.3, 0.4) is 0 Å². The van der Waals surface area contributed by atoms with Crippen LogP contribution in [-0.4, -0.2) is 60.8 Å². The highest BCUT2D eigenvalue weighted by molar-refractivity contribution is 8.00. The lowest BCUT2D eigenvalue weighted by Gasteiger charge is -2.39. The largest absolute Gasteiger partial charge is 0.377 e. The molecule has 0 amide bonds. The second-order valence-corrected chi connectivity index (χ2v) is 8.00. The molecule has 0 atom stereocenters. The van der Waals surface area contributed by atoms with Crippen molar-refractivity contribution < 1.29 is 4.74 Å². The van der Waals surface area contributed by atoms with Gasteiger partial charge in [0.05, 0.1) is 13.2 Å². The van der Waals surface area contributed by atoms with Crippen LogP contribution in [0, 0.1) is 0 Å². The molecule has 2 aliphatic rings. The van der Waals surface area contributed by atoms with Gasteiger partial charge in [-0.05, 0) is 33.6 Å². The minimum Gasteiger partial charge on any atom is -0.377 e. The third-order valence-corrected chi connectivity index (χ3v) is 5.11. The molecule has 4 nitrogen and oxygen atoms in total. The second-order valence-electron chi connectivity index (χ2n) is 6.20. The molecule has 0 radical (unpaired) electrons. The van der Waals surface area contributed by atoms with Crippen LogP contribution in [0.4, 0.5) is 0 Å². The number of nitrogens with zero attached hydrogens (tertiary/aromatic N) is 2. The van der Waals surface area contributed by atoms with Crippen molar-refractivity contribution in [3.8, 4) is 0 Å². The van der Waals surface area contributed by atoms with E-state index in [-0.39, 0.29) is 0 Å². The maximum atomic E-state index is 5.35. The molecule has 0 spiro atoms. The van der Waals surface area contributed by atoms with Gasteiger partial charge in [0, 0.05) is 36.7 Å². The molecule has 1 fully saturated rings. The van der Waals surface area contributed by atoms with E-state index in [2.05, 4.69) is 48.8 Å². The van der Waals surface area contributed by atoms with Gasteiger partial charge in [0.25, 0.3) is 0 Å². The molecule has 120 valence electrons. The Labute approximate surface area is 133 Å². The third kappa shape index (κ3) is 5.55. The molecule has 2 rings (SSSR count). The molecule has 0 aromatic rings. The van der Waals surface area contributed by atoms with Crippen molar-refractivity contribution in [1.82, 2.24) is 10.2 Å². The molecule has 2 heterocycles. The van der Waals surface area contributed by atoms with Gasteiger partial charge < -0.3 is 15.0 Å². The lowest BCUT2D eigenvalue weighted by Crippen LogP contribution is -2.51. The van der Waals surface area contributed by atoms with Gasteiger partial charge in [-0.3, -0.25) is 4.99 Å². The summed E-state index contributed by atoms with van der Waals surface area (Å²) in [7, 11) is 0. The van der Waals surface area contributed by atoms with Gasteiger partial charge in [0.15, 0.2) is 5.96 Å². The fraction of sp³-hybridized carbons (Fsp3) is 0.812. The first-order chi connectivity index (χ1) is 10.1. The van der Waals surface area contributed by atoms with Gasteiger partial charge in [-0.15, -0.1) is 0 Å². The van der Waals surface area contributed by atoms with Crippen LogP contribution in [0.1, 0.15) is 33.6 Å². The fourth-order valence-electron chi connectivity index (χ4n) is 2.72. The van der Waals surface area contributed by atoms with E-state index < -0.39 is 0 Å². The number of thioether (sulfide) groups is 1. The van der Waals surface area contributed by atoms with Gasteiger partial charge in [0.2, 0.25) is 0 Å². The van der Waals surface area contributed by atoms with Crippen LogP contribution in [0.15, 0.2) is 16.6 Å². The van der Waals surface area contributed by atoms with Crippen molar-refractivity contribution in [3.05, 3.63) is 11.6 Å². The summed E-state index contributed by atoms with van der Waals surface area (Å²) in [5.41, 5.74) is 1.50. The van der Waals surface area contributed by atoms with E-state index in [0.29, 0.717) is 4.75 Å². The van der Waals surface area contributed by atoms with Crippen LogP contribution in [0.25, 0.3) is 0 Å². The third-order valence-electron chi connectivity index (χ3n) is 3.81. The summed E-state index contributed by atoms with van der Waals surface area (Å²) in [6.07, 6.45) is 4.34. The van der Waals surface area contributed by atoms with E-state index in [1.807, 2.05) is 0 Å². The molecule has 0 unspecified atom stereocenters. The predicted octanol–water partition coefficient (Wildman–Crippen LogP) is 2.52. The highest BCUT2D eigenvalue weighted by atomic mass is 32.2. The summed E-state index contributed by atoms with van der Waals surface area (Å²) in [6.45, 7) is 12.4. The fourth-order valence-corrected chi connectivity index (χ4v) is 3.83. The van der Waals surface area contributed by atoms with Crippen molar-refractivity contribution >= 4 is 17.7 Å². The van der Waals surface area contributed by atoms with Crippen LogP contribution in [0.5, 0.6) is 0 Å². The van der Waals surface area contributed by atoms with Gasteiger partial charge in [-0.1, -0.05) is 11.6 Å². The Kier molecular flexibility index (Phi) is 6.42. The normalized spacial score (nSPS) is 22.9. The number of hydrogen-bond donors (Lipinski definition) is 1. The first-order valence-electron chi connectivity index (χ1n) is 8.03. The Balaban J connectivity index is 1.90. The second kappa shape index (κ2) is 8.08. The number of ether oxygens (including phenoxy) is 1. The number of guanidine groups is 1. The molecule has 1 N–H and O–H groups in total. The molecule has 0 aromatic carbocycles. The Bertz CT molecular complexity index is 393. The SMILES string of the molecule is CCNC(=NCCC1=CCOCC1)N1CCSC(C)(C)C1. The molecule has 2 aliphatic heterocycles. The summed E-state index contributed by atoms with van der Waals surface area (Å²) in [5.74, 6) is 2.26.